The summed E-state index contributed by atoms with van der Waals surface area (Å²) in [6.07, 6.45) is 1.88. The fourth-order valence-electron chi connectivity index (χ4n) is 0.663. The van der Waals surface area contributed by atoms with Crippen LogP contribution >= 0.6 is 11.3 Å². The molecule has 1 rings (SSSR count). The van der Waals surface area contributed by atoms with E-state index in [9.17, 15) is 0 Å². The molecular formula is C8H11NOS. The molecule has 11 heavy (non-hydrogen) atoms. The number of rotatable bonds is 4. The van der Waals surface area contributed by atoms with Crippen LogP contribution in [0, 0.1) is 0 Å². The first-order chi connectivity index (χ1) is 5.43. The van der Waals surface area contributed by atoms with E-state index in [-0.39, 0.29) is 0 Å². The first-order valence-corrected chi connectivity index (χ1v) is 4.33. The Bertz CT molecular complexity index is 206. The minimum Gasteiger partial charge on any atom is -0.383 e. The Morgan fingerprint density at radius 2 is 2.64 bits per heavy atom. The van der Waals surface area contributed by atoms with Crippen LogP contribution in [0.1, 0.15) is 4.88 Å². The van der Waals surface area contributed by atoms with E-state index in [1.54, 1.807) is 18.4 Å². The SMILES string of the molecule is COCCN=Cc1cccs1. The molecule has 0 atom stereocenters. The fraction of sp³-hybridized carbons (Fsp3) is 0.375. The van der Waals surface area contributed by atoms with Gasteiger partial charge in [0.05, 0.1) is 13.2 Å². The highest BCUT2D eigenvalue weighted by Gasteiger charge is 1.84. The average molecular weight is 169 g/mol. The third-order valence-corrected chi connectivity index (χ3v) is 1.99. The number of nitrogens with zero attached hydrogens (tertiary/aromatic N) is 1. The number of hydrogen-bond donors (Lipinski definition) is 0. The second-order valence-corrected chi connectivity index (χ2v) is 3.02. The van der Waals surface area contributed by atoms with Crippen LogP contribution in [0.2, 0.25) is 0 Å². The summed E-state index contributed by atoms with van der Waals surface area (Å²) >= 11 is 1.69. The monoisotopic (exact) mass is 169 g/mol. The van der Waals surface area contributed by atoms with Gasteiger partial charge >= 0.3 is 0 Å². The molecular weight excluding hydrogens is 158 g/mol. The van der Waals surface area contributed by atoms with Gasteiger partial charge in [-0.2, -0.15) is 0 Å². The molecule has 60 valence electrons. The van der Waals surface area contributed by atoms with Gasteiger partial charge in [-0.15, -0.1) is 11.3 Å². The predicted octanol–water partition coefficient (Wildman–Crippen LogP) is 1.81. The Hall–Kier alpha value is -0.670. The summed E-state index contributed by atoms with van der Waals surface area (Å²) in [6.45, 7) is 1.44. The van der Waals surface area contributed by atoms with E-state index < -0.39 is 0 Å². The summed E-state index contributed by atoms with van der Waals surface area (Å²) in [5.74, 6) is 0. The van der Waals surface area contributed by atoms with Crippen LogP contribution in [0.4, 0.5) is 0 Å². The van der Waals surface area contributed by atoms with Gasteiger partial charge in [0.25, 0.3) is 0 Å². The average Bonchev–Trinajstić information content (AvgIpc) is 2.50. The van der Waals surface area contributed by atoms with Crippen molar-refractivity contribution >= 4 is 17.6 Å². The molecule has 0 bridgehead atoms. The van der Waals surface area contributed by atoms with Crippen LogP contribution in [0.15, 0.2) is 22.5 Å². The molecule has 0 N–H and O–H groups in total. The van der Waals surface area contributed by atoms with Crippen molar-refractivity contribution in [1.29, 1.82) is 0 Å². The van der Waals surface area contributed by atoms with Crippen LogP contribution < -0.4 is 0 Å². The lowest BCUT2D eigenvalue weighted by atomic mass is 10.5. The van der Waals surface area contributed by atoms with Crippen molar-refractivity contribution in [2.24, 2.45) is 4.99 Å². The fourth-order valence-corrected chi connectivity index (χ4v) is 1.27. The molecule has 0 aliphatic rings. The van der Waals surface area contributed by atoms with Gasteiger partial charge in [-0.3, -0.25) is 4.99 Å². The van der Waals surface area contributed by atoms with Crippen molar-refractivity contribution in [3.63, 3.8) is 0 Å². The summed E-state index contributed by atoms with van der Waals surface area (Å²) in [5.41, 5.74) is 0. The van der Waals surface area contributed by atoms with E-state index in [4.69, 9.17) is 4.74 Å². The normalized spacial score (nSPS) is 11.0. The van der Waals surface area contributed by atoms with Gasteiger partial charge in [0.2, 0.25) is 0 Å². The second kappa shape index (κ2) is 5.04. The van der Waals surface area contributed by atoms with Crippen LogP contribution in [0.5, 0.6) is 0 Å². The van der Waals surface area contributed by atoms with Gasteiger partial charge in [-0.05, 0) is 11.4 Å². The standard InChI is InChI=1S/C8H11NOS/c1-10-5-4-9-7-8-3-2-6-11-8/h2-3,6-7H,4-5H2,1H3. The van der Waals surface area contributed by atoms with Gasteiger partial charge in [-0.25, -0.2) is 0 Å². The maximum atomic E-state index is 4.85. The van der Waals surface area contributed by atoms with Crippen LogP contribution in [-0.2, 0) is 4.74 Å². The molecule has 0 saturated heterocycles. The van der Waals surface area contributed by atoms with Crippen molar-refractivity contribution in [3.8, 4) is 0 Å². The highest BCUT2D eigenvalue weighted by molar-refractivity contribution is 7.11. The lowest BCUT2D eigenvalue weighted by molar-refractivity contribution is 0.208. The van der Waals surface area contributed by atoms with E-state index in [0.29, 0.717) is 6.61 Å². The summed E-state index contributed by atoms with van der Waals surface area (Å²) in [7, 11) is 1.68. The molecule has 1 aromatic heterocycles. The largest absolute Gasteiger partial charge is 0.383 e. The Morgan fingerprint density at radius 3 is 3.27 bits per heavy atom. The molecule has 0 fully saturated rings. The van der Waals surface area contributed by atoms with Crippen molar-refractivity contribution < 1.29 is 4.74 Å². The maximum Gasteiger partial charge on any atom is 0.0658 e. The molecule has 0 aliphatic carbocycles. The third-order valence-electron chi connectivity index (χ3n) is 1.19. The smallest absolute Gasteiger partial charge is 0.0658 e. The third kappa shape index (κ3) is 3.30. The molecule has 0 saturated carbocycles. The number of ether oxygens (including phenoxy) is 1. The summed E-state index contributed by atoms with van der Waals surface area (Å²) < 4.78 is 4.85. The Kier molecular flexibility index (Phi) is 3.86. The summed E-state index contributed by atoms with van der Waals surface area (Å²) in [6, 6.07) is 4.06. The molecule has 0 spiro atoms. The summed E-state index contributed by atoms with van der Waals surface area (Å²) in [4.78, 5) is 5.36. The number of aliphatic imine (C=N–C) groups is 1. The molecule has 3 heteroatoms. The van der Waals surface area contributed by atoms with E-state index in [2.05, 4.69) is 4.99 Å². The number of methoxy groups -OCH3 is 1. The van der Waals surface area contributed by atoms with E-state index >= 15 is 0 Å². The van der Waals surface area contributed by atoms with Crippen molar-refractivity contribution in [1.82, 2.24) is 0 Å². The zero-order chi connectivity index (χ0) is 7.94. The highest BCUT2D eigenvalue weighted by Crippen LogP contribution is 2.04. The molecule has 1 aromatic rings. The van der Waals surface area contributed by atoms with Crippen molar-refractivity contribution in [2.75, 3.05) is 20.3 Å². The quantitative estimate of drug-likeness (QED) is 0.497. The molecule has 0 aliphatic heterocycles. The van der Waals surface area contributed by atoms with Crippen LogP contribution in [-0.4, -0.2) is 26.5 Å². The van der Waals surface area contributed by atoms with Crippen molar-refractivity contribution in [3.05, 3.63) is 22.4 Å². The first-order valence-electron chi connectivity index (χ1n) is 3.46. The minimum absolute atomic E-state index is 0.696. The first kappa shape index (κ1) is 8.43. The lowest BCUT2D eigenvalue weighted by Gasteiger charge is -1.89. The zero-order valence-electron chi connectivity index (χ0n) is 6.49. The molecule has 2 nitrogen and oxygen atoms in total. The predicted molar refractivity (Wildman–Crippen MR) is 48.7 cm³/mol. The van der Waals surface area contributed by atoms with Crippen LogP contribution in [0.3, 0.4) is 0 Å². The second-order valence-electron chi connectivity index (χ2n) is 2.04. The van der Waals surface area contributed by atoms with Crippen molar-refractivity contribution in [2.45, 2.75) is 0 Å². The summed E-state index contributed by atoms with van der Waals surface area (Å²) in [5, 5.41) is 2.04. The maximum absolute atomic E-state index is 4.85. The van der Waals surface area contributed by atoms with Gasteiger partial charge in [0, 0.05) is 18.2 Å². The molecule has 0 unspecified atom stereocenters. The molecule has 0 radical (unpaired) electrons. The van der Waals surface area contributed by atoms with E-state index in [1.165, 1.54) is 4.88 Å². The van der Waals surface area contributed by atoms with Crippen LogP contribution in [0.25, 0.3) is 0 Å². The van der Waals surface area contributed by atoms with E-state index in [0.717, 1.165) is 6.54 Å². The Balaban J connectivity index is 2.25. The molecule has 0 aromatic carbocycles. The number of thiophene rings is 1. The topological polar surface area (TPSA) is 21.6 Å². The zero-order valence-corrected chi connectivity index (χ0v) is 7.30. The van der Waals surface area contributed by atoms with Gasteiger partial charge in [-0.1, -0.05) is 6.07 Å². The van der Waals surface area contributed by atoms with Gasteiger partial charge in [0.15, 0.2) is 0 Å². The Labute approximate surface area is 70.5 Å². The highest BCUT2D eigenvalue weighted by atomic mass is 32.1. The Morgan fingerprint density at radius 1 is 1.73 bits per heavy atom. The van der Waals surface area contributed by atoms with Gasteiger partial charge in [0.1, 0.15) is 0 Å². The lowest BCUT2D eigenvalue weighted by Crippen LogP contribution is -1.92. The minimum atomic E-state index is 0.696. The number of hydrogen-bond acceptors (Lipinski definition) is 3. The van der Waals surface area contributed by atoms with Gasteiger partial charge < -0.3 is 4.74 Å². The molecule has 1 heterocycles. The van der Waals surface area contributed by atoms with E-state index in [1.807, 2.05) is 23.7 Å². The molecule has 0 amide bonds.